The molecule has 0 aliphatic rings. The standard InChI is InChI=1S/C14H19NO/c1-10(2)8-13-12(11(3)4)6-5-7-14(13)15-9-16/h5-9,11H,1-4H3,(H,15,16). The summed E-state index contributed by atoms with van der Waals surface area (Å²) >= 11 is 0. The summed E-state index contributed by atoms with van der Waals surface area (Å²) in [6, 6.07) is 6.01. The van der Waals surface area contributed by atoms with Gasteiger partial charge in [0.1, 0.15) is 0 Å². The third-order valence-corrected chi connectivity index (χ3v) is 2.41. The van der Waals surface area contributed by atoms with E-state index in [0.717, 1.165) is 17.7 Å². The minimum atomic E-state index is 0.444. The first kappa shape index (κ1) is 12.5. The van der Waals surface area contributed by atoms with Gasteiger partial charge in [0.15, 0.2) is 0 Å². The molecular weight excluding hydrogens is 198 g/mol. The monoisotopic (exact) mass is 217 g/mol. The average Bonchev–Trinajstić information content (AvgIpc) is 2.19. The van der Waals surface area contributed by atoms with Crippen LogP contribution in [0.5, 0.6) is 0 Å². The minimum absolute atomic E-state index is 0.444. The van der Waals surface area contributed by atoms with E-state index < -0.39 is 0 Å². The molecule has 1 rings (SSSR count). The van der Waals surface area contributed by atoms with Crippen molar-refractivity contribution in [1.29, 1.82) is 0 Å². The van der Waals surface area contributed by atoms with Crippen molar-refractivity contribution >= 4 is 18.2 Å². The van der Waals surface area contributed by atoms with E-state index in [1.54, 1.807) is 0 Å². The number of hydrogen-bond donors (Lipinski definition) is 1. The fraction of sp³-hybridized carbons (Fsp3) is 0.357. The third-order valence-electron chi connectivity index (χ3n) is 2.41. The Bertz CT molecular complexity index is 401. The molecule has 1 aromatic rings. The number of carbonyl (C=O) groups excluding carboxylic acids is 1. The summed E-state index contributed by atoms with van der Waals surface area (Å²) in [7, 11) is 0. The van der Waals surface area contributed by atoms with Gasteiger partial charge in [0.2, 0.25) is 6.41 Å². The Balaban J connectivity index is 3.34. The second-order valence-electron chi connectivity index (χ2n) is 4.45. The third kappa shape index (κ3) is 2.96. The quantitative estimate of drug-likeness (QED) is 0.763. The van der Waals surface area contributed by atoms with Gasteiger partial charge in [-0.1, -0.05) is 37.6 Å². The molecule has 0 saturated carbocycles. The first-order valence-corrected chi connectivity index (χ1v) is 5.54. The van der Waals surface area contributed by atoms with E-state index >= 15 is 0 Å². The van der Waals surface area contributed by atoms with E-state index in [1.807, 2.05) is 12.1 Å². The van der Waals surface area contributed by atoms with Crippen LogP contribution in [0.3, 0.4) is 0 Å². The number of amides is 1. The van der Waals surface area contributed by atoms with E-state index in [9.17, 15) is 4.79 Å². The summed E-state index contributed by atoms with van der Waals surface area (Å²) in [6.07, 6.45) is 2.84. The Hall–Kier alpha value is -1.57. The number of anilines is 1. The number of nitrogens with one attached hydrogen (secondary N) is 1. The molecular formula is C14H19NO. The highest BCUT2D eigenvalue weighted by Gasteiger charge is 2.08. The van der Waals surface area contributed by atoms with Gasteiger partial charge in [-0.2, -0.15) is 0 Å². The Morgan fingerprint density at radius 1 is 1.31 bits per heavy atom. The molecule has 1 aromatic carbocycles. The highest BCUT2D eigenvalue weighted by atomic mass is 16.1. The van der Waals surface area contributed by atoms with Crippen molar-refractivity contribution in [2.24, 2.45) is 0 Å². The molecule has 0 heterocycles. The van der Waals surface area contributed by atoms with Crippen LogP contribution in [0.4, 0.5) is 5.69 Å². The summed E-state index contributed by atoms with van der Waals surface area (Å²) in [6.45, 7) is 8.42. The predicted molar refractivity (Wildman–Crippen MR) is 69.5 cm³/mol. The molecule has 16 heavy (non-hydrogen) atoms. The lowest BCUT2D eigenvalue weighted by atomic mass is 9.94. The second kappa shape index (κ2) is 5.50. The van der Waals surface area contributed by atoms with E-state index in [-0.39, 0.29) is 0 Å². The van der Waals surface area contributed by atoms with Crippen molar-refractivity contribution in [2.45, 2.75) is 33.6 Å². The summed E-state index contributed by atoms with van der Waals surface area (Å²) < 4.78 is 0. The molecule has 2 heteroatoms. The SMILES string of the molecule is CC(C)=Cc1c(NC=O)cccc1C(C)C. The Labute approximate surface area is 97.4 Å². The van der Waals surface area contributed by atoms with E-state index in [4.69, 9.17) is 0 Å². The van der Waals surface area contributed by atoms with Crippen LogP contribution in [-0.2, 0) is 4.79 Å². The zero-order valence-corrected chi connectivity index (χ0v) is 10.4. The zero-order valence-electron chi connectivity index (χ0n) is 10.4. The molecule has 0 fully saturated rings. The van der Waals surface area contributed by atoms with Crippen molar-refractivity contribution in [2.75, 3.05) is 5.32 Å². The molecule has 0 atom stereocenters. The maximum atomic E-state index is 10.6. The normalized spacial score (nSPS) is 10.1. The van der Waals surface area contributed by atoms with Gasteiger partial charge in [-0.15, -0.1) is 0 Å². The fourth-order valence-electron chi connectivity index (χ4n) is 1.73. The van der Waals surface area contributed by atoms with Crippen LogP contribution in [0.15, 0.2) is 23.8 Å². The molecule has 0 aromatic heterocycles. The minimum Gasteiger partial charge on any atom is -0.328 e. The first-order valence-electron chi connectivity index (χ1n) is 5.54. The number of hydrogen-bond acceptors (Lipinski definition) is 1. The summed E-state index contributed by atoms with van der Waals surface area (Å²) in [5.74, 6) is 0.444. The van der Waals surface area contributed by atoms with Crippen LogP contribution in [0.25, 0.3) is 6.08 Å². The Kier molecular flexibility index (Phi) is 4.29. The Morgan fingerprint density at radius 3 is 2.50 bits per heavy atom. The van der Waals surface area contributed by atoms with Crippen LogP contribution in [0.2, 0.25) is 0 Å². The van der Waals surface area contributed by atoms with Gasteiger partial charge < -0.3 is 5.32 Å². The summed E-state index contributed by atoms with van der Waals surface area (Å²) in [5.41, 5.74) is 4.47. The highest BCUT2D eigenvalue weighted by Crippen LogP contribution is 2.28. The lowest BCUT2D eigenvalue weighted by Gasteiger charge is -2.14. The highest BCUT2D eigenvalue weighted by molar-refractivity contribution is 5.80. The lowest BCUT2D eigenvalue weighted by Crippen LogP contribution is -2.00. The fourth-order valence-corrected chi connectivity index (χ4v) is 1.73. The lowest BCUT2D eigenvalue weighted by molar-refractivity contribution is -0.105. The molecule has 0 radical (unpaired) electrons. The van der Waals surface area contributed by atoms with E-state index in [2.05, 4.69) is 45.2 Å². The van der Waals surface area contributed by atoms with E-state index in [0.29, 0.717) is 5.92 Å². The van der Waals surface area contributed by atoms with Crippen molar-refractivity contribution in [1.82, 2.24) is 0 Å². The van der Waals surface area contributed by atoms with Crippen LogP contribution in [-0.4, -0.2) is 6.41 Å². The first-order chi connectivity index (χ1) is 7.56. The van der Waals surface area contributed by atoms with Crippen molar-refractivity contribution in [3.05, 3.63) is 34.9 Å². The number of allylic oxidation sites excluding steroid dienone is 1. The molecule has 86 valence electrons. The number of carbonyl (C=O) groups is 1. The van der Waals surface area contributed by atoms with Crippen molar-refractivity contribution < 1.29 is 4.79 Å². The topological polar surface area (TPSA) is 29.1 Å². The van der Waals surface area contributed by atoms with Gasteiger partial charge in [-0.05, 0) is 31.4 Å². The van der Waals surface area contributed by atoms with E-state index in [1.165, 1.54) is 11.1 Å². The number of benzene rings is 1. The van der Waals surface area contributed by atoms with Crippen LogP contribution in [0, 0.1) is 0 Å². The van der Waals surface area contributed by atoms with Crippen LogP contribution in [0.1, 0.15) is 44.7 Å². The molecule has 0 spiro atoms. The van der Waals surface area contributed by atoms with Gasteiger partial charge in [-0.25, -0.2) is 0 Å². The second-order valence-corrected chi connectivity index (χ2v) is 4.45. The smallest absolute Gasteiger partial charge is 0.211 e. The van der Waals surface area contributed by atoms with Crippen molar-refractivity contribution in [3.63, 3.8) is 0 Å². The molecule has 2 nitrogen and oxygen atoms in total. The maximum absolute atomic E-state index is 10.6. The molecule has 0 saturated heterocycles. The molecule has 0 aliphatic heterocycles. The van der Waals surface area contributed by atoms with Gasteiger partial charge in [0.25, 0.3) is 0 Å². The van der Waals surface area contributed by atoms with Gasteiger partial charge in [0.05, 0.1) is 0 Å². The van der Waals surface area contributed by atoms with Gasteiger partial charge in [0, 0.05) is 11.3 Å². The summed E-state index contributed by atoms with van der Waals surface area (Å²) in [5, 5.41) is 2.75. The number of rotatable bonds is 4. The maximum Gasteiger partial charge on any atom is 0.211 e. The Morgan fingerprint density at radius 2 is 2.00 bits per heavy atom. The molecule has 0 bridgehead atoms. The summed E-state index contributed by atoms with van der Waals surface area (Å²) in [4.78, 5) is 10.6. The van der Waals surface area contributed by atoms with Gasteiger partial charge in [-0.3, -0.25) is 4.79 Å². The molecule has 0 aliphatic carbocycles. The van der Waals surface area contributed by atoms with Crippen LogP contribution >= 0.6 is 0 Å². The average molecular weight is 217 g/mol. The molecule has 1 N–H and O–H groups in total. The predicted octanol–water partition coefficient (Wildman–Crippen LogP) is 3.80. The largest absolute Gasteiger partial charge is 0.328 e. The van der Waals surface area contributed by atoms with Crippen LogP contribution < -0.4 is 5.32 Å². The van der Waals surface area contributed by atoms with Crippen molar-refractivity contribution in [3.8, 4) is 0 Å². The van der Waals surface area contributed by atoms with Gasteiger partial charge >= 0.3 is 0 Å². The molecule has 1 amide bonds. The molecule has 0 unspecified atom stereocenters. The zero-order chi connectivity index (χ0) is 12.1.